The Balaban J connectivity index is 1.87. The summed E-state index contributed by atoms with van der Waals surface area (Å²) in [6.07, 6.45) is 2.97. The van der Waals surface area contributed by atoms with Crippen molar-refractivity contribution in [3.05, 3.63) is 63.7 Å². The van der Waals surface area contributed by atoms with Gasteiger partial charge in [-0.05, 0) is 18.6 Å². The molecule has 3 aromatic rings. The molecule has 1 aromatic carbocycles. The summed E-state index contributed by atoms with van der Waals surface area (Å²) in [5.41, 5.74) is 1.89. The molecule has 2 aromatic heterocycles. The van der Waals surface area contributed by atoms with Crippen molar-refractivity contribution in [2.75, 3.05) is 7.11 Å². The van der Waals surface area contributed by atoms with E-state index in [0.717, 1.165) is 5.56 Å². The number of esters is 1. The third-order valence-electron chi connectivity index (χ3n) is 3.50. The first kappa shape index (κ1) is 17.8. The zero-order chi connectivity index (χ0) is 18.5. The molecule has 2 heterocycles. The van der Waals surface area contributed by atoms with Gasteiger partial charge in [0, 0.05) is 11.3 Å². The van der Waals surface area contributed by atoms with Gasteiger partial charge in [0.1, 0.15) is 0 Å². The molecule has 0 atom stereocenters. The first-order valence-electron chi connectivity index (χ1n) is 7.77. The van der Waals surface area contributed by atoms with Crippen molar-refractivity contribution in [1.82, 2.24) is 19.9 Å². The van der Waals surface area contributed by atoms with Gasteiger partial charge < -0.3 is 4.74 Å². The number of ether oxygens (including phenoxy) is 1. The lowest BCUT2D eigenvalue weighted by atomic mass is 10.2. The van der Waals surface area contributed by atoms with Crippen LogP contribution in [0.15, 0.2) is 52.1 Å². The number of methoxy groups -OCH3 is 1. The van der Waals surface area contributed by atoms with Gasteiger partial charge in [0.15, 0.2) is 16.3 Å². The van der Waals surface area contributed by atoms with Crippen molar-refractivity contribution in [2.45, 2.75) is 17.8 Å². The van der Waals surface area contributed by atoms with Crippen LogP contribution in [0.4, 0.5) is 0 Å². The highest BCUT2D eigenvalue weighted by Crippen LogP contribution is 2.19. The van der Waals surface area contributed by atoms with E-state index in [1.807, 2.05) is 30.3 Å². The minimum Gasteiger partial charge on any atom is -0.466 e. The van der Waals surface area contributed by atoms with E-state index in [0.29, 0.717) is 22.2 Å². The minimum absolute atomic E-state index is 0.125. The highest BCUT2D eigenvalue weighted by atomic mass is 32.2. The molecule has 0 aliphatic carbocycles. The standard InChI is InChI=1S/C18H16N4O3S/c1-11(17(24)25-2)8-13-9-19-15-14(20-13)16(23)22-18(21-15)26-10-12-6-4-3-5-7-12/h3-9H,10H2,1-2H3,(H,19,21,22,23)/b11-8+. The molecule has 7 nitrogen and oxygen atoms in total. The van der Waals surface area contributed by atoms with Crippen LogP contribution in [0, 0.1) is 0 Å². The normalized spacial score (nSPS) is 11.5. The van der Waals surface area contributed by atoms with Crippen molar-refractivity contribution >= 4 is 35.0 Å². The summed E-state index contributed by atoms with van der Waals surface area (Å²) in [5, 5.41) is 0.481. The van der Waals surface area contributed by atoms with Crippen molar-refractivity contribution in [3.63, 3.8) is 0 Å². The molecule has 1 N–H and O–H groups in total. The second-order valence-electron chi connectivity index (χ2n) is 5.43. The maximum absolute atomic E-state index is 12.3. The second-order valence-corrected chi connectivity index (χ2v) is 6.40. The van der Waals surface area contributed by atoms with E-state index in [1.165, 1.54) is 31.1 Å². The molecule has 0 aliphatic rings. The average Bonchev–Trinajstić information content (AvgIpc) is 2.67. The van der Waals surface area contributed by atoms with Gasteiger partial charge in [0.05, 0.1) is 19.0 Å². The number of nitrogens with one attached hydrogen (secondary N) is 1. The van der Waals surface area contributed by atoms with Gasteiger partial charge in [0.25, 0.3) is 5.56 Å². The van der Waals surface area contributed by atoms with Crippen LogP contribution in [0.5, 0.6) is 0 Å². The summed E-state index contributed by atoms with van der Waals surface area (Å²) in [7, 11) is 1.30. The zero-order valence-corrected chi connectivity index (χ0v) is 15.0. The third-order valence-corrected chi connectivity index (χ3v) is 4.45. The molecule has 26 heavy (non-hydrogen) atoms. The number of benzene rings is 1. The monoisotopic (exact) mass is 368 g/mol. The van der Waals surface area contributed by atoms with Crippen LogP contribution in [0.3, 0.4) is 0 Å². The van der Waals surface area contributed by atoms with Gasteiger partial charge in [-0.3, -0.25) is 9.78 Å². The van der Waals surface area contributed by atoms with Gasteiger partial charge in [-0.2, -0.15) is 0 Å². The largest absolute Gasteiger partial charge is 0.466 e. The van der Waals surface area contributed by atoms with E-state index in [2.05, 4.69) is 24.7 Å². The molecule has 3 rings (SSSR count). The van der Waals surface area contributed by atoms with Gasteiger partial charge >= 0.3 is 5.97 Å². The van der Waals surface area contributed by atoms with Crippen LogP contribution in [0.1, 0.15) is 18.2 Å². The summed E-state index contributed by atoms with van der Waals surface area (Å²) in [5.74, 6) is 0.216. The molecule has 0 aliphatic heterocycles. The van der Waals surface area contributed by atoms with Crippen LogP contribution in [-0.2, 0) is 15.3 Å². The van der Waals surface area contributed by atoms with Crippen molar-refractivity contribution in [3.8, 4) is 0 Å². The van der Waals surface area contributed by atoms with Crippen molar-refractivity contribution < 1.29 is 9.53 Å². The molecule has 0 fully saturated rings. The average molecular weight is 368 g/mol. The first-order chi connectivity index (χ1) is 12.6. The lowest BCUT2D eigenvalue weighted by molar-refractivity contribution is -0.135. The molecule has 132 valence electrons. The quantitative estimate of drug-likeness (QED) is 0.320. The van der Waals surface area contributed by atoms with E-state index in [4.69, 9.17) is 0 Å². The molecule has 0 saturated carbocycles. The highest BCUT2D eigenvalue weighted by Gasteiger charge is 2.09. The number of aromatic nitrogens is 4. The highest BCUT2D eigenvalue weighted by molar-refractivity contribution is 7.98. The molecule has 0 saturated heterocycles. The number of hydrogen-bond acceptors (Lipinski definition) is 7. The van der Waals surface area contributed by atoms with Crippen LogP contribution in [-0.4, -0.2) is 33.0 Å². The number of nitrogens with zero attached hydrogens (tertiary/aromatic N) is 3. The Morgan fingerprint density at radius 1 is 1.27 bits per heavy atom. The molecule has 0 unspecified atom stereocenters. The maximum atomic E-state index is 12.3. The van der Waals surface area contributed by atoms with Crippen LogP contribution >= 0.6 is 11.8 Å². The number of carbonyl (C=O) groups excluding carboxylic acids is 1. The van der Waals surface area contributed by atoms with Gasteiger partial charge in [-0.25, -0.2) is 19.7 Å². The molecule has 8 heteroatoms. The molecule has 0 radical (unpaired) electrons. The summed E-state index contributed by atoms with van der Waals surface area (Å²) in [4.78, 5) is 39.3. The maximum Gasteiger partial charge on any atom is 0.333 e. The van der Waals surface area contributed by atoms with Gasteiger partial charge in [-0.1, -0.05) is 42.1 Å². The summed E-state index contributed by atoms with van der Waals surface area (Å²) in [6, 6.07) is 9.89. The Morgan fingerprint density at radius 3 is 2.77 bits per heavy atom. The third kappa shape index (κ3) is 4.15. The van der Waals surface area contributed by atoms with Crippen molar-refractivity contribution in [2.24, 2.45) is 0 Å². The SMILES string of the molecule is COC(=O)/C(C)=C/c1cnc2nc(SCc3ccccc3)[nH]c(=O)c2n1. The summed E-state index contributed by atoms with van der Waals surface area (Å²) >= 11 is 1.42. The second kappa shape index (κ2) is 7.92. The molecule has 0 spiro atoms. The van der Waals surface area contributed by atoms with Gasteiger partial charge in [0.2, 0.25) is 0 Å². The smallest absolute Gasteiger partial charge is 0.333 e. The van der Waals surface area contributed by atoms with E-state index >= 15 is 0 Å². The Labute approximate surface area is 153 Å². The number of H-pyrrole nitrogens is 1. The van der Waals surface area contributed by atoms with E-state index in [9.17, 15) is 9.59 Å². The Kier molecular flexibility index (Phi) is 5.43. The van der Waals surface area contributed by atoms with E-state index in [-0.39, 0.29) is 16.7 Å². The fourth-order valence-electron chi connectivity index (χ4n) is 2.22. The molecule has 0 amide bonds. The number of hydrogen-bond donors (Lipinski definition) is 1. The van der Waals surface area contributed by atoms with Crippen LogP contribution < -0.4 is 5.56 Å². The predicted molar refractivity (Wildman–Crippen MR) is 99.6 cm³/mol. The predicted octanol–water partition coefficient (Wildman–Crippen LogP) is 2.58. The minimum atomic E-state index is -0.466. The first-order valence-corrected chi connectivity index (χ1v) is 8.76. The zero-order valence-electron chi connectivity index (χ0n) is 14.2. The number of rotatable bonds is 5. The number of aromatic amines is 1. The fourth-order valence-corrected chi connectivity index (χ4v) is 3.03. The summed E-state index contributed by atoms with van der Waals surface area (Å²) in [6.45, 7) is 1.60. The molecular formula is C18H16N4O3S. The van der Waals surface area contributed by atoms with Gasteiger partial charge in [-0.15, -0.1) is 0 Å². The Hall–Kier alpha value is -3.00. The Bertz CT molecular complexity index is 1030. The van der Waals surface area contributed by atoms with E-state index in [1.54, 1.807) is 6.92 Å². The van der Waals surface area contributed by atoms with Crippen molar-refractivity contribution in [1.29, 1.82) is 0 Å². The lowest BCUT2D eigenvalue weighted by Gasteiger charge is -2.03. The Morgan fingerprint density at radius 2 is 2.04 bits per heavy atom. The lowest BCUT2D eigenvalue weighted by Crippen LogP contribution is -2.12. The summed E-state index contributed by atoms with van der Waals surface area (Å²) < 4.78 is 4.64. The van der Waals surface area contributed by atoms with Crippen LogP contribution in [0.25, 0.3) is 17.2 Å². The number of thioether (sulfide) groups is 1. The molecule has 0 bridgehead atoms. The van der Waals surface area contributed by atoms with E-state index < -0.39 is 5.97 Å². The molecular weight excluding hydrogens is 352 g/mol. The number of carbonyl (C=O) groups is 1. The van der Waals surface area contributed by atoms with Crippen LogP contribution in [0.2, 0.25) is 0 Å². The number of fused-ring (bicyclic) bond motifs is 1. The fraction of sp³-hybridized carbons (Fsp3) is 0.167. The topological polar surface area (TPSA) is 97.8 Å².